The van der Waals surface area contributed by atoms with Gasteiger partial charge in [0.05, 0.1) is 6.33 Å². The first-order valence-electron chi connectivity index (χ1n) is 9.29. The van der Waals surface area contributed by atoms with Gasteiger partial charge in [0.2, 0.25) is 0 Å². The molecule has 5 heteroatoms. The van der Waals surface area contributed by atoms with Gasteiger partial charge in [-0.2, -0.15) is 0 Å². The molecule has 2 heterocycles. The van der Waals surface area contributed by atoms with Crippen molar-refractivity contribution in [3.8, 4) is 0 Å². The third-order valence-electron chi connectivity index (χ3n) is 4.66. The second kappa shape index (κ2) is 7.64. The predicted octanol–water partition coefficient (Wildman–Crippen LogP) is 4.60. The van der Waals surface area contributed by atoms with Crippen molar-refractivity contribution < 1.29 is 0 Å². The van der Waals surface area contributed by atoms with Crippen LogP contribution in [0.25, 0.3) is 16.7 Å². The molecule has 0 aliphatic carbocycles. The number of hydrogen-bond donors (Lipinski definition) is 0. The maximum absolute atomic E-state index is 4.85. The molecular weight excluding hydrogens is 346 g/mol. The van der Waals surface area contributed by atoms with Gasteiger partial charge in [-0.1, -0.05) is 67.2 Å². The Morgan fingerprint density at radius 3 is 2.04 bits per heavy atom. The minimum atomic E-state index is 0.650. The molecule has 0 atom stereocenters. The van der Waals surface area contributed by atoms with Crippen LogP contribution in [0.3, 0.4) is 0 Å². The van der Waals surface area contributed by atoms with Crippen LogP contribution in [0.4, 0.5) is 5.82 Å². The lowest BCUT2D eigenvalue weighted by molar-refractivity contribution is 0.783. The maximum atomic E-state index is 4.85. The summed E-state index contributed by atoms with van der Waals surface area (Å²) in [5, 5.41) is 0. The Morgan fingerprint density at radius 1 is 0.929 bits per heavy atom. The molecule has 5 nitrogen and oxygen atoms in total. The summed E-state index contributed by atoms with van der Waals surface area (Å²) in [4.78, 5) is 16.3. The van der Waals surface area contributed by atoms with Crippen molar-refractivity contribution in [1.82, 2.24) is 19.5 Å². The zero-order valence-corrected chi connectivity index (χ0v) is 16.2. The quantitative estimate of drug-likeness (QED) is 0.498. The van der Waals surface area contributed by atoms with Gasteiger partial charge in [-0.05, 0) is 23.6 Å². The summed E-state index contributed by atoms with van der Waals surface area (Å²) in [5.74, 6) is 1.48. The number of imidazole rings is 1. The van der Waals surface area contributed by atoms with Crippen LogP contribution in [0.1, 0.15) is 23.9 Å². The van der Waals surface area contributed by atoms with E-state index in [2.05, 4.69) is 70.0 Å². The van der Waals surface area contributed by atoms with Crippen molar-refractivity contribution in [3.63, 3.8) is 0 Å². The molecule has 2 aromatic carbocycles. The second-order valence-electron chi connectivity index (χ2n) is 7.01. The van der Waals surface area contributed by atoms with Crippen molar-refractivity contribution in [2.24, 2.45) is 7.05 Å². The number of anilines is 1. The number of benzene rings is 2. The Labute approximate surface area is 165 Å². The summed E-state index contributed by atoms with van der Waals surface area (Å²) >= 11 is 0. The average molecular weight is 369 g/mol. The van der Waals surface area contributed by atoms with Gasteiger partial charge in [0.1, 0.15) is 0 Å². The molecule has 0 saturated heterocycles. The summed E-state index contributed by atoms with van der Waals surface area (Å²) in [6.07, 6.45) is 1.79. The molecule has 0 fully saturated rings. The molecule has 0 radical (unpaired) electrons. The minimum absolute atomic E-state index is 0.650. The van der Waals surface area contributed by atoms with Gasteiger partial charge >= 0.3 is 0 Å². The topological polar surface area (TPSA) is 46.8 Å². The predicted molar refractivity (Wildman–Crippen MR) is 114 cm³/mol. The molecule has 2 aromatic heterocycles. The first kappa shape index (κ1) is 17.9. The van der Waals surface area contributed by atoms with E-state index in [-0.39, 0.29) is 0 Å². The monoisotopic (exact) mass is 369 g/mol. The first-order valence-corrected chi connectivity index (χ1v) is 9.29. The smallest absolute Gasteiger partial charge is 0.165 e. The lowest BCUT2D eigenvalue weighted by Crippen LogP contribution is -2.24. The fourth-order valence-electron chi connectivity index (χ4n) is 3.22. The van der Waals surface area contributed by atoms with Crippen LogP contribution >= 0.6 is 0 Å². The number of nitrogens with zero attached hydrogens (tertiary/aromatic N) is 5. The van der Waals surface area contributed by atoms with Crippen LogP contribution in [0.15, 0.2) is 73.6 Å². The highest BCUT2D eigenvalue weighted by Crippen LogP contribution is 2.27. The molecule has 0 aliphatic heterocycles. The van der Waals surface area contributed by atoms with E-state index in [0.717, 1.165) is 35.6 Å². The lowest BCUT2D eigenvalue weighted by atomic mass is 10.1. The van der Waals surface area contributed by atoms with E-state index in [9.17, 15) is 0 Å². The van der Waals surface area contributed by atoms with Crippen LogP contribution < -0.4 is 4.90 Å². The molecule has 0 aliphatic rings. The van der Waals surface area contributed by atoms with E-state index < -0.39 is 0 Å². The highest BCUT2D eigenvalue weighted by Gasteiger charge is 2.19. The van der Waals surface area contributed by atoms with Crippen molar-refractivity contribution in [2.45, 2.75) is 20.0 Å². The molecule has 4 aromatic rings. The molecule has 140 valence electrons. The molecule has 28 heavy (non-hydrogen) atoms. The highest BCUT2D eigenvalue weighted by atomic mass is 15.2. The Morgan fingerprint density at radius 2 is 1.50 bits per heavy atom. The van der Waals surface area contributed by atoms with E-state index in [1.54, 1.807) is 6.33 Å². The van der Waals surface area contributed by atoms with E-state index in [1.165, 1.54) is 11.1 Å². The zero-order chi connectivity index (χ0) is 19.5. The van der Waals surface area contributed by atoms with Crippen LogP contribution in [0.2, 0.25) is 0 Å². The summed E-state index contributed by atoms with van der Waals surface area (Å²) in [6, 6.07) is 20.8. The Hall–Kier alpha value is -3.47. The normalized spacial score (nSPS) is 10.9. The number of fused-ring (bicyclic) bond motifs is 1. The number of hydrogen-bond acceptors (Lipinski definition) is 4. The minimum Gasteiger partial charge on any atom is -0.346 e. The van der Waals surface area contributed by atoms with E-state index in [0.29, 0.717) is 5.82 Å². The molecule has 0 N–H and O–H groups in total. The van der Waals surface area contributed by atoms with Gasteiger partial charge in [0.25, 0.3) is 0 Å². The Balaban J connectivity index is 1.84. The van der Waals surface area contributed by atoms with Crippen LogP contribution in [-0.2, 0) is 20.1 Å². The molecular formula is C23H23N5. The fourth-order valence-corrected chi connectivity index (χ4v) is 3.22. The average Bonchev–Trinajstić information content (AvgIpc) is 3.09. The lowest BCUT2D eigenvalue weighted by Gasteiger charge is -2.25. The van der Waals surface area contributed by atoms with E-state index in [4.69, 9.17) is 4.98 Å². The SMILES string of the molecule is C=C(C)c1nc(N(Cc2ccccc2)Cc2ccccc2)c2ncn(C)c2n1. The zero-order valence-electron chi connectivity index (χ0n) is 16.2. The van der Waals surface area contributed by atoms with Crippen molar-refractivity contribution in [1.29, 1.82) is 0 Å². The van der Waals surface area contributed by atoms with Gasteiger partial charge in [-0.3, -0.25) is 0 Å². The van der Waals surface area contributed by atoms with Gasteiger partial charge in [0, 0.05) is 20.1 Å². The third-order valence-corrected chi connectivity index (χ3v) is 4.66. The Bertz CT molecular complexity index is 1060. The molecule has 0 amide bonds. The van der Waals surface area contributed by atoms with Crippen LogP contribution in [0, 0.1) is 0 Å². The molecule has 0 spiro atoms. The maximum Gasteiger partial charge on any atom is 0.165 e. The summed E-state index contributed by atoms with van der Waals surface area (Å²) in [7, 11) is 1.95. The summed E-state index contributed by atoms with van der Waals surface area (Å²) in [5.41, 5.74) is 4.90. The third kappa shape index (κ3) is 3.64. The molecule has 0 saturated carbocycles. The molecule has 0 bridgehead atoms. The first-order chi connectivity index (χ1) is 13.6. The largest absolute Gasteiger partial charge is 0.346 e. The standard InChI is InChI=1S/C23H23N5/c1-17(2)21-25-22-20(24-16-27(22)3)23(26-21)28(14-18-10-6-4-7-11-18)15-19-12-8-5-9-13-19/h4-13,16H,1,14-15H2,2-3H3. The van der Waals surface area contributed by atoms with Crippen molar-refractivity contribution in [2.75, 3.05) is 4.90 Å². The molecule has 4 rings (SSSR count). The van der Waals surface area contributed by atoms with Crippen molar-refractivity contribution >= 4 is 22.6 Å². The number of allylic oxidation sites excluding steroid dienone is 1. The van der Waals surface area contributed by atoms with Crippen molar-refractivity contribution in [3.05, 3.63) is 90.5 Å². The van der Waals surface area contributed by atoms with Crippen LogP contribution in [-0.4, -0.2) is 19.5 Å². The summed E-state index contributed by atoms with van der Waals surface area (Å²) in [6.45, 7) is 7.43. The number of rotatable bonds is 6. The van der Waals surface area contributed by atoms with Gasteiger partial charge in [-0.15, -0.1) is 0 Å². The number of aromatic nitrogens is 4. The Kier molecular flexibility index (Phi) is 4.89. The van der Waals surface area contributed by atoms with Crippen LogP contribution in [0.5, 0.6) is 0 Å². The highest BCUT2D eigenvalue weighted by molar-refractivity contribution is 5.85. The van der Waals surface area contributed by atoms with Gasteiger partial charge in [-0.25, -0.2) is 15.0 Å². The van der Waals surface area contributed by atoms with E-state index >= 15 is 0 Å². The number of aryl methyl sites for hydroxylation is 1. The second-order valence-corrected chi connectivity index (χ2v) is 7.01. The van der Waals surface area contributed by atoms with Gasteiger partial charge < -0.3 is 9.47 Å². The fraction of sp³-hybridized carbons (Fsp3) is 0.174. The molecule has 0 unspecified atom stereocenters. The van der Waals surface area contributed by atoms with E-state index in [1.807, 2.05) is 30.7 Å². The summed E-state index contributed by atoms with van der Waals surface area (Å²) < 4.78 is 1.93. The van der Waals surface area contributed by atoms with Gasteiger partial charge in [0.15, 0.2) is 22.8 Å².